The molecule has 0 amide bonds. The molecular weight excluding hydrogens is 388 g/mol. The van der Waals surface area contributed by atoms with Gasteiger partial charge in [-0.25, -0.2) is 0 Å². The van der Waals surface area contributed by atoms with Crippen molar-refractivity contribution in [3.8, 4) is 0 Å². The molecule has 3 aromatic heterocycles. The predicted octanol–water partition coefficient (Wildman–Crippen LogP) is 6.40. The van der Waals surface area contributed by atoms with E-state index in [4.69, 9.17) is 0 Å². The molecule has 0 saturated heterocycles. The second-order valence-corrected chi connectivity index (χ2v) is 8.44. The molecule has 3 nitrogen and oxygen atoms in total. The smallest absolute Gasteiger partial charge is 0.192 e. The number of para-hydroxylation sites is 2. The largest absolute Gasteiger partial charge is 0.361 e. The van der Waals surface area contributed by atoms with Crippen LogP contribution in [0.5, 0.6) is 0 Å². The average molecular weight is 407 g/mol. The molecule has 30 heavy (non-hydrogen) atoms. The van der Waals surface area contributed by atoms with E-state index in [1.807, 2.05) is 53.9 Å². The Morgan fingerprint density at radius 1 is 0.633 bits per heavy atom. The number of rotatable bonds is 3. The van der Waals surface area contributed by atoms with Crippen molar-refractivity contribution < 1.29 is 0 Å². The van der Waals surface area contributed by atoms with E-state index >= 15 is 0 Å². The van der Waals surface area contributed by atoms with Crippen LogP contribution in [0.3, 0.4) is 0 Å². The zero-order valence-electron chi connectivity index (χ0n) is 16.1. The molecule has 2 N–H and O–H groups in total. The van der Waals surface area contributed by atoms with Crippen molar-refractivity contribution in [2.24, 2.45) is 0 Å². The minimum absolute atomic E-state index is 0.102. The van der Waals surface area contributed by atoms with Gasteiger partial charge in [0.05, 0.1) is 0 Å². The van der Waals surface area contributed by atoms with Crippen LogP contribution in [0.2, 0.25) is 0 Å². The van der Waals surface area contributed by atoms with Gasteiger partial charge in [0.15, 0.2) is 5.43 Å². The molecule has 0 radical (unpaired) electrons. The summed E-state index contributed by atoms with van der Waals surface area (Å²) in [5, 5.41) is 5.11. The van der Waals surface area contributed by atoms with Crippen molar-refractivity contribution in [1.82, 2.24) is 9.97 Å². The third-order valence-electron chi connectivity index (χ3n) is 5.88. The molecule has 0 atom stereocenters. The molecule has 0 saturated carbocycles. The highest BCUT2D eigenvalue weighted by atomic mass is 32.1. The van der Waals surface area contributed by atoms with Crippen molar-refractivity contribution >= 4 is 43.2 Å². The zero-order valence-corrected chi connectivity index (χ0v) is 16.9. The third-order valence-corrected chi connectivity index (χ3v) is 6.86. The van der Waals surface area contributed by atoms with Gasteiger partial charge >= 0.3 is 0 Å². The van der Waals surface area contributed by atoms with Crippen LogP contribution in [0, 0.1) is 0 Å². The molecule has 6 rings (SSSR count). The van der Waals surface area contributed by atoms with Gasteiger partial charge in [-0.1, -0.05) is 48.5 Å². The SMILES string of the molecule is O=c1c(C(c2c[nH]c3ccccc23)c2c[nH]c3ccccc23)csc2ccccc12. The van der Waals surface area contributed by atoms with E-state index in [0.29, 0.717) is 0 Å². The van der Waals surface area contributed by atoms with Gasteiger partial charge in [-0.05, 0) is 40.8 Å². The van der Waals surface area contributed by atoms with Gasteiger partial charge < -0.3 is 9.97 Å². The third kappa shape index (κ3) is 2.54. The Morgan fingerprint density at radius 2 is 1.17 bits per heavy atom. The molecule has 0 fully saturated rings. The van der Waals surface area contributed by atoms with Crippen LogP contribution in [-0.4, -0.2) is 9.97 Å². The van der Waals surface area contributed by atoms with Gasteiger partial charge in [0.1, 0.15) is 0 Å². The van der Waals surface area contributed by atoms with E-state index < -0.39 is 0 Å². The molecule has 4 heteroatoms. The van der Waals surface area contributed by atoms with Crippen LogP contribution in [0.4, 0.5) is 0 Å². The highest BCUT2D eigenvalue weighted by Gasteiger charge is 2.26. The van der Waals surface area contributed by atoms with Gasteiger partial charge in [0, 0.05) is 55.8 Å². The summed E-state index contributed by atoms with van der Waals surface area (Å²) < 4.78 is 1.02. The second kappa shape index (κ2) is 6.71. The Morgan fingerprint density at radius 3 is 1.80 bits per heavy atom. The molecule has 6 aromatic rings. The topological polar surface area (TPSA) is 48.6 Å². The summed E-state index contributed by atoms with van der Waals surface area (Å²) in [5.41, 5.74) is 5.31. The fourth-order valence-electron chi connectivity index (χ4n) is 4.46. The lowest BCUT2D eigenvalue weighted by molar-refractivity contribution is 0.994. The molecule has 3 aromatic carbocycles. The lowest BCUT2D eigenvalue weighted by Gasteiger charge is -2.17. The van der Waals surface area contributed by atoms with Crippen LogP contribution in [0.25, 0.3) is 31.9 Å². The van der Waals surface area contributed by atoms with Crippen LogP contribution < -0.4 is 5.43 Å². The van der Waals surface area contributed by atoms with Gasteiger partial charge in [-0.2, -0.15) is 0 Å². The van der Waals surface area contributed by atoms with Crippen molar-refractivity contribution in [2.75, 3.05) is 0 Å². The molecule has 0 aliphatic heterocycles. The van der Waals surface area contributed by atoms with E-state index in [2.05, 4.69) is 46.6 Å². The lowest BCUT2D eigenvalue weighted by Crippen LogP contribution is -2.14. The van der Waals surface area contributed by atoms with Crippen molar-refractivity contribution in [2.45, 2.75) is 5.92 Å². The number of H-pyrrole nitrogens is 2. The van der Waals surface area contributed by atoms with E-state index in [-0.39, 0.29) is 11.3 Å². The number of hydrogen-bond acceptors (Lipinski definition) is 2. The molecule has 0 unspecified atom stereocenters. The van der Waals surface area contributed by atoms with Crippen LogP contribution in [0.1, 0.15) is 22.6 Å². The van der Waals surface area contributed by atoms with Crippen LogP contribution in [0.15, 0.2) is 95.4 Å². The standard InChI is InChI=1S/C26H18N2OS/c29-26-18-9-3-6-12-24(18)30-15-21(26)25(19-13-27-22-10-4-1-7-16(19)22)20-14-28-23-11-5-2-8-17(20)23/h1-15,25,27-28H. The molecular formula is C26H18N2OS. The maximum absolute atomic E-state index is 13.6. The summed E-state index contributed by atoms with van der Waals surface area (Å²) in [7, 11) is 0. The van der Waals surface area contributed by atoms with Crippen molar-refractivity contribution in [1.29, 1.82) is 0 Å². The Labute approximate surface area is 176 Å². The number of benzene rings is 3. The zero-order chi connectivity index (χ0) is 20.1. The molecule has 144 valence electrons. The molecule has 3 heterocycles. The Kier molecular flexibility index (Phi) is 3.86. The van der Waals surface area contributed by atoms with E-state index in [1.54, 1.807) is 11.3 Å². The highest BCUT2D eigenvalue weighted by molar-refractivity contribution is 7.16. The molecule has 0 aliphatic carbocycles. The predicted molar refractivity (Wildman–Crippen MR) is 126 cm³/mol. The maximum atomic E-state index is 13.6. The number of aromatic amines is 2. The Hall–Kier alpha value is -3.63. The molecule has 0 bridgehead atoms. The summed E-state index contributed by atoms with van der Waals surface area (Å²) in [5.74, 6) is -0.161. The van der Waals surface area contributed by atoms with Crippen molar-refractivity contribution in [3.05, 3.63) is 117 Å². The fourth-order valence-corrected chi connectivity index (χ4v) is 5.40. The Bertz CT molecular complexity index is 1510. The summed E-state index contributed by atoms with van der Waals surface area (Å²) in [6.45, 7) is 0. The second-order valence-electron chi connectivity index (χ2n) is 7.53. The normalized spacial score (nSPS) is 11.8. The van der Waals surface area contributed by atoms with E-state index in [1.165, 1.54) is 0 Å². The maximum Gasteiger partial charge on any atom is 0.192 e. The quantitative estimate of drug-likeness (QED) is 0.351. The highest BCUT2D eigenvalue weighted by Crippen LogP contribution is 2.39. The first-order valence-corrected chi connectivity index (χ1v) is 10.8. The monoisotopic (exact) mass is 406 g/mol. The first-order chi connectivity index (χ1) is 14.8. The summed E-state index contributed by atoms with van der Waals surface area (Å²) in [4.78, 5) is 20.4. The first-order valence-electron chi connectivity index (χ1n) is 9.94. The van der Waals surface area contributed by atoms with Gasteiger partial charge in [0.2, 0.25) is 0 Å². The summed E-state index contributed by atoms with van der Waals surface area (Å²) in [6.07, 6.45) is 4.10. The van der Waals surface area contributed by atoms with Crippen LogP contribution >= 0.6 is 11.3 Å². The van der Waals surface area contributed by atoms with Gasteiger partial charge in [-0.3, -0.25) is 4.79 Å². The molecule has 0 aliphatic rings. The first kappa shape index (κ1) is 17.2. The summed E-state index contributed by atoms with van der Waals surface area (Å²) in [6, 6.07) is 24.4. The number of hydrogen-bond donors (Lipinski definition) is 2. The van der Waals surface area contributed by atoms with Gasteiger partial charge in [-0.15, -0.1) is 11.3 Å². The number of nitrogens with one attached hydrogen (secondary N) is 2. The van der Waals surface area contributed by atoms with Gasteiger partial charge in [0.25, 0.3) is 0 Å². The fraction of sp³-hybridized carbons (Fsp3) is 0.0385. The lowest BCUT2D eigenvalue weighted by atomic mass is 9.85. The molecule has 0 spiro atoms. The summed E-state index contributed by atoms with van der Waals surface area (Å²) >= 11 is 1.63. The minimum atomic E-state index is -0.161. The minimum Gasteiger partial charge on any atom is -0.361 e. The average Bonchev–Trinajstić information content (AvgIpc) is 3.41. The number of aromatic nitrogens is 2. The van der Waals surface area contributed by atoms with E-state index in [0.717, 1.165) is 48.6 Å². The van der Waals surface area contributed by atoms with Crippen LogP contribution in [-0.2, 0) is 0 Å². The number of fused-ring (bicyclic) bond motifs is 3. The Balaban J connectivity index is 1.70. The van der Waals surface area contributed by atoms with Crippen molar-refractivity contribution in [3.63, 3.8) is 0 Å². The van der Waals surface area contributed by atoms with E-state index in [9.17, 15) is 4.79 Å².